The predicted octanol–water partition coefficient (Wildman–Crippen LogP) is 2.75. The minimum absolute atomic E-state index is 0.713. The average molecular weight is 299 g/mol. The molecule has 4 nitrogen and oxygen atoms in total. The van der Waals surface area contributed by atoms with Crippen LogP contribution in [0.25, 0.3) is 0 Å². The van der Waals surface area contributed by atoms with E-state index < -0.39 is 0 Å². The first-order valence-electron chi connectivity index (χ1n) is 8.07. The number of hydrogen-bond acceptors (Lipinski definition) is 3. The van der Waals surface area contributed by atoms with Crippen LogP contribution in [0.1, 0.15) is 12.6 Å². The van der Waals surface area contributed by atoms with E-state index in [2.05, 4.69) is 57.9 Å². The number of benzene rings is 1. The summed E-state index contributed by atoms with van der Waals surface area (Å²) < 4.78 is 7.96. The van der Waals surface area contributed by atoms with Gasteiger partial charge >= 0.3 is 0 Å². The van der Waals surface area contributed by atoms with Gasteiger partial charge in [0.2, 0.25) is 0 Å². The van der Waals surface area contributed by atoms with Crippen LogP contribution in [0.5, 0.6) is 5.75 Å². The van der Waals surface area contributed by atoms with Crippen molar-refractivity contribution in [2.75, 3.05) is 37.7 Å². The first kappa shape index (κ1) is 15.0. The molecule has 0 bridgehead atoms. The van der Waals surface area contributed by atoms with E-state index in [9.17, 15) is 0 Å². The van der Waals surface area contributed by atoms with Crippen LogP contribution in [0, 0.1) is 0 Å². The molecule has 118 valence electrons. The van der Waals surface area contributed by atoms with Crippen LogP contribution in [0.15, 0.2) is 42.6 Å². The zero-order chi connectivity index (χ0) is 15.4. The van der Waals surface area contributed by atoms with Crippen molar-refractivity contribution in [3.63, 3.8) is 0 Å². The van der Waals surface area contributed by atoms with Gasteiger partial charge in [-0.1, -0.05) is 12.1 Å². The second-order valence-electron chi connectivity index (χ2n) is 5.77. The van der Waals surface area contributed by atoms with Crippen LogP contribution in [-0.4, -0.2) is 42.3 Å². The molecular weight excluding hydrogens is 274 g/mol. The standard InChI is InChI=1S/C18H25N3O/c1-3-22-18-9-5-4-8-17(18)21-13-11-20(12-14-21)15-16-7-6-10-19(16)2/h4-10H,3,11-15H2,1-2H3. The Morgan fingerprint density at radius 3 is 2.45 bits per heavy atom. The third-order valence-electron chi connectivity index (χ3n) is 4.32. The Morgan fingerprint density at radius 1 is 1.00 bits per heavy atom. The van der Waals surface area contributed by atoms with Gasteiger partial charge in [-0.15, -0.1) is 0 Å². The molecule has 2 heterocycles. The molecule has 3 rings (SSSR count). The molecule has 0 saturated carbocycles. The summed E-state index contributed by atoms with van der Waals surface area (Å²) >= 11 is 0. The SMILES string of the molecule is CCOc1ccccc1N1CCN(Cc2cccn2C)CC1. The highest BCUT2D eigenvalue weighted by atomic mass is 16.5. The summed E-state index contributed by atoms with van der Waals surface area (Å²) in [5.74, 6) is 1.00. The maximum atomic E-state index is 5.76. The van der Waals surface area contributed by atoms with Crippen molar-refractivity contribution >= 4 is 5.69 Å². The molecule has 1 aromatic heterocycles. The van der Waals surface area contributed by atoms with Crippen molar-refractivity contribution in [3.05, 3.63) is 48.3 Å². The largest absolute Gasteiger partial charge is 0.492 e. The highest BCUT2D eigenvalue weighted by Gasteiger charge is 2.20. The van der Waals surface area contributed by atoms with E-state index >= 15 is 0 Å². The lowest BCUT2D eigenvalue weighted by Crippen LogP contribution is -2.46. The van der Waals surface area contributed by atoms with E-state index in [1.807, 2.05) is 13.0 Å². The average Bonchev–Trinajstić information content (AvgIpc) is 2.94. The fourth-order valence-corrected chi connectivity index (χ4v) is 3.03. The van der Waals surface area contributed by atoms with Crippen LogP contribution >= 0.6 is 0 Å². The summed E-state index contributed by atoms with van der Waals surface area (Å²) in [6.07, 6.45) is 2.11. The molecular formula is C18H25N3O. The van der Waals surface area contributed by atoms with Gasteiger partial charge in [-0.3, -0.25) is 4.90 Å². The number of aromatic nitrogens is 1. The highest BCUT2D eigenvalue weighted by Crippen LogP contribution is 2.28. The Hall–Kier alpha value is -1.94. The fourth-order valence-electron chi connectivity index (χ4n) is 3.03. The number of aryl methyl sites for hydroxylation is 1. The van der Waals surface area contributed by atoms with E-state index in [0.717, 1.165) is 38.5 Å². The van der Waals surface area contributed by atoms with Gasteiger partial charge in [0.05, 0.1) is 12.3 Å². The first-order valence-corrected chi connectivity index (χ1v) is 8.07. The number of anilines is 1. The summed E-state index contributed by atoms with van der Waals surface area (Å²) in [5.41, 5.74) is 2.60. The Kier molecular flexibility index (Phi) is 4.68. The molecule has 0 spiro atoms. The lowest BCUT2D eigenvalue weighted by Gasteiger charge is -2.36. The third-order valence-corrected chi connectivity index (χ3v) is 4.32. The van der Waals surface area contributed by atoms with E-state index in [0.29, 0.717) is 6.61 Å². The van der Waals surface area contributed by atoms with E-state index in [-0.39, 0.29) is 0 Å². The maximum Gasteiger partial charge on any atom is 0.142 e. The summed E-state index contributed by atoms with van der Waals surface area (Å²) in [4.78, 5) is 4.96. The molecule has 1 saturated heterocycles. The molecule has 0 atom stereocenters. The summed E-state index contributed by atoms with van der Waals surface area (Å²) in [6, 6.07) is 12.7. The van der Waals surface area contributed by atoms with Crippen molar-refractivity contribution in [3.8, 4) is 5.75 Å². The lowest BCUT2D eigenvalue weighted by molar-refractivity contribution is 0.243. The summed E-state index contributed by atoms with van der Waals surface area (Å²) in [7, 11) is 2.11. The fraction of sp³-hybridized carbons (Fsp3) is 0.444. The molecule has 4 heteroatoms. The van der Waals surface area contributed by atoms with Gasteiger partial charge in [0, 0.05) is 51.7 Å². The monoisotopic (exact) mass is 299 g/mol. The smallest absolute Gasteiger partial charge is 0.142 e. The second kappa shape index (κ2) is 6.88. The molecule has 0 unspecified atom stereocenters. The Labute approximate surface area is 132 Å². The molecule has 22 heavy (non-hydrogen) atoms. The van der Waals surface area contributed by atoms with Gasteiger partial charge in [-0.25, -0.2) is 0 Å². The quantitative estimate of drug-likeness (QED) is 0.847. The maximum absolute atomic E-state index is 5.76. The van der Waals surface area contributed by atoms with Crippen LogP contribution in [0.4, 0.5) is 5.69 Å². The van der Waals surface area contributed by atoms with E-state index in [1.165, 1.54) is 11.4 Å². The van der Waals surface area contributed by atoms with Crippen molar-refractivity contribution in [2.24, 2.45) is 7.05 Å². The molecule has 1 aliphatic heterocycles. The summed E-state index contributed by atoms with van der Waals surface area (Å²) in [6.45, 7) is 8.06. The first-order chi connectivity index (χ1) is 10.8. The molecule has 0 amide bonds. The molecule has 0 aliphatic carbocycles. The number of hydrogen-bond donors (Lipinski definition) is 0. The Bertz CT molecular complexity index is 600. The van der Waals surface area contributed by atoms with E-state index in [4.69, 9.17) is 4.74 Å². The molecule has 1 aliphatic rings. The van der Waals surface area contributed by atoms with Crippen LogP contribution in [0.2, 0.25) is 0 Å². The van der Waals surface area contributed by atoms with Gasteiger partial charge in [-0.2, -0.15) is 0 Å². The number of piperazine rings is 1. The van der Waals surface area contributed by atoms with Crippen LogP contribution in [0.3, 0.4) is 0 Å². The second-order valence-corrected chi connectivity index (χ2v) is 5.77. The zero-order valence-electron chi connectivity index (χ0n) is 13.5. The van der Waals surface area contributed by atoms with Gasteiger partial charge in [-0.05, 0) is 31.2 Å². The molecule has 2 aromatic rings. The third kappa shape index (κ3) is 3.28. The predicted molar refractivity (Wildman–Crippen MR) is 90.5 cm³/mol. The number of para-hydroxylation sites is 2. The number of rotatable bonds is 5. The van der Waals surface area contributed by atoms with Gasteiger partial charge in [0.1, 0.15) is 5.75 Å². The van der Waals surface area contributed by atoms with Gasteiger partial charge in [0.15, 0.2) is 0 Å². The van der Waals surface area contributed by atoms with Crippen molar-refractivity contribution < 1.29 is 4.74 Å². The zero-order valence-corrected chi connectivity index (χ0v) is 13.5. The van der Waals surface area contributed by atoms with Crippen molar-refractivity contribution in [2.45, 2.75) is 13.5 Å². The van der Waals surface area contributed by atoms with Gasteiger partial charge in [0.25, 0.3) is 0 Å². The van der Waals surface area contributed by atoms with Crippen LogP contribution < -0.4 is 9.64 Å². The van der Waals surface area contributed by atoms with E-state index in [1.54, 1.807) is 0 Å². The van der Waals surface area contributed by atoms with Crippen molar-refractivity contribution in [1.82, 2.24) is 9.47 Å². The van der Waals surface area contributed by atoms with Gasteiger partial charge < -0.3 is 14.2 Å². The minimum Gasteiger partial charge on any atom is -0.492 e. The topological polar surface area (TPSA) is 20.6 Å². The molecule has 0 radical (unpaired) electrons. The molecule has 1 fully saturated rings. The minimum atomic E-state index is 0.713. The summed E-state index contributed by atoms with van der Waals surface area (Å²) in [5, 5.41) is 0. The van der Waals surface area contributed by atoms with Crippen molar-refractivity contribution in [1.29, 1.82) is 0 Å². The highest BCUT2D eigenvalue weighted by molar-refractivity contribution is 5.58. The van der Waals surface area contributed by atoms with Crippen LogP contribution in [-0.2, 0) is 13.6 Å². The number of nitrogens with zero attached hydrogens (tertiary/aromatic N) is 3. The Balaban J connectivity index is 1.61. The Morgan fingerprint density at radius 2 is 1.77 bits per heavy atom. The lowest BCUT2D eigenvalue weighted by atomic mass is 10.2. The number of ether oxygens (including phenoxy) is 1. The normalized spacial score (nSPS) is 16.0. The molecule has 0 N–H and O–H groups in total. The molecule has 1 aromatic carbocycles.